The number of carbonyl (C=O) groups excluding carboxylic acids is 1. The molecule has 1 aromatic heterocycles. The molecule has 0 aliphatic rings. The standard InChI is InChI=1S/C14H15Cl2N3O3S/c1-8-12(16)13(18-19(8)2)14(20)17-7-9-4-5-11(10(15)6-9)23(3,21)22/h4-6H,7H2,1-3H3,(H,17,20). The van der Waals surface area contributed by atoms with Crippen molar-refractivity contribution in [3.05, 3.63) is 45.2 Å². The quantitative estimate of drug-likeness (QED) is 0.889. The molecule has 23 heavy (non-hydrogen) atoms. The molecule has 124 valence electrons. The topological polar surface area (TPSA) is 81.1 Å². The van der Waals surface area contributed by atoms with Crippen LogP contribution >= 0.6 is 23.2 Å². The Hall–Kier alpha value is -1.57. The second kappa shape index (κ2) is 6.51. The van der Waals surface area contributed by atoms with Crippen LogP contribution in [0.5, 0.6) is 0 Å². The summed E-state index contributed by atoms with van der Waals surface area (Å²) in [6, 6.07) is 4.51. The van der Waals surface area contributed by atoms with Gasteiger partial charge in [0.2, 0.25) is 0 Å². The minimum atomic E-state index is -3.38. The number of nitrogens with zero attached hydrogens (tertiary/aromatic N) is 2. The predicted octanol–water partition coefficient (Wildman–Crippen LogP) is 2.37. The van der Waals surface area contributed by atoms with Crippen molar-refractivity contribution < 1.29 is 13.2 Å². The molecular formula is C14H15Cl2N3O3S. The van der Waals surface area contributed by atoms with E-state index in [9.17, 15) is 13.2 Å². The third kappa shape index (κ3) is 3.85. The number of amides is 1. The zero-order valence-electron chi connectivity index (χ0n) is 12.7. The summed E-state index contributed by atoms with van der Waals surface area (Å²) < 4.78 is 24.5. The lowest BCUT2D eigenvalue weighted by Gasteiger charge is -2.07. The van der Waals surface area contributed by atoms with E-state index in [0.717, 1.165) is 6.26 Å². The van der Waals surface area contributed by atoms with Crippen molar-refractivity contribution in [2.45, 2.75) is 18.4 Å². The number of halogens is 2. The lowest BCUT2D eigenvalue weighted by molar-refractivity contribution is 0.0945. The van der Waals surface area contributed by atoms with Crippen LogP contribution in [0.15, 0.2) is 23.1 Å². The maximum absolute atomic E-state index is 12.1. The third-order valence-corrected chi connectivity index (χ3v) is 5.36. The molecule has 0 atom stereocenters. The van der Waals surface area contributed by atoms with Gasteiger partial charge in [0.25, 0.3) is 5.91 Å². The highest BCUT2D eigenvalue weighted by atomic mass is 35.5. The van der Waals surface area contributed by atoms with Gasteiger partial charge in [-0.3, -0.25) is 9.48 Å². The van der Waals surface area contributed by atoms with Crippen molar-refractivity contribution in [1.82, 2.24) is 15.1 Å². The number of benzene rings is 1. The number of aryl methyl sites for hydroxylation is 1. The molecule has 6 nitrogen and oxygen atoms in total. The summed E-state index contributed by atoms with van der Waals surface area (Å²) in [5.74, 6) is -0.415. The van der Waals surface area contributed by atoms with Crippen LogP contribution in [-0.2, 0) is 23.4 Å². The van der Waals surface area contributed by atoms with Gasteiger partial charge in [-0.05, 0) is 24.6 Å². The third-order valence-electron chi connectivity index (χ3n) is 3.32. The summed E-state index contributed by atoms with van der Waals surface area (Å²) in [6.45, 7) is 1.93. The largest absolute Gasteiger partial charge is 0.347 e. The van der Waals surface area contributed by atoms with Crippen LogP contribution in [0.2, 0.25) is 10.0 Å². The summed E-state index contributed by atoms with van der Waals surface area (Å²) in [4.78, 5) is 12.2. The Morgan fingerprint density at radius 1 is 1.35 bits per heavy atom. The maximum Gasteiger partial charge on any atom is 0.273 e. The number of aromatic nitrogens is 2. The van der Waals surface area contributed by atoms with Gasteiger partial charge in [0, 0.05) is 19.8 Å². The first-order chi connectivity index (χ1) is 10.6. The molecule has 0 bridgehead atoms. The minimum absolute atomic E-state index is 0.0534. The molecule has 0 radical (unpaired) electrons. The van der Waals surface area contributed by atoms with Crippen LogP contribution in [0.1, 0.15) is 21.7 Å². The zero-order valence-corrected chi connectivity index (χ0v) is 15.1. The van der Waals surface area contributed by atoms with E-state index in [1.807, 2.05) is 0 Å². The number of nitrogens with one attached hydrogen (secondary N) is 1. The number of carbonyl (C=O) groups is 1. The SMILES string of the molecule is Cc1c(Cl)c(C(=O)NCc2ccc(S(C)(=O)=O)c(Cl)c2)nn1C. The molecule has 0 saturated heterocycles. The number of hydrogen-bond donors (Lipinski definition) is 1. The van der Waals surface area contributed by atoms with Gasteiger partial charge >= 0.3 is 0 Å². The lowest BCUT2D eigenvalue weighted by Crippen LogP contribution is -2.23. The van der Waals surface area contributed by atoms with E-state index >= 15 is 0 Å². The van der Waals surface area contributed by atoms with E-state index in [-0.39, 0.29) is 22.2 Å². The van der Waals surface area contributed by atoms with Gasteiger partial charge in [-0.2, -0.15) is 5.10 Å². The van der Waals surface area contributed by atoms with Crippen molar-refractivity contribution in [3.63, 3.8) is 0 Å². The summed E-state index contributed by atoms with van der Waals surface area (Å²) in [5, 5.41) is 7.15. The Balaban J connectivity index is 2.13. The summed E-state index contributed by atoms with van der Waals surface area (Å²) in [7, 11) is -1.69. The summed E-state index contributed by atoms with van der Waals surface area (Å²) in [5.41, 5.74) is 1.50. The van der Waals surface area contributed by atoms with Gasteiger partial charge in [0.1, 0.15) is 0 Å². The van der Waals surface area contributed by atoms with Crippen LogP contribution in [0, 0.1) is 6.92 Å². The fourth-order valence-electron chi connectivity index (χ4n) is 1.95. The normalized spacial score (nSPS) is 11.5. The first kappa shape index (κ1) is 17.8. The summed E-state index contributed by atoms with van der Waals surface area (Å²) >= 11 is 12.0. The second-order valence-corrected chi connectivity index (χ2v) is 7.86. The smallest absolute Gasteiger partial charge is 0.273 e. The van der Waals surface area contributed by atoms with Gasteiger partial charge in [0.05, 0.1) is 20.6 Å². The average molecular weight is 376 g/mol. The van der Waals surface area contributed by atoms with E-state index in [1.165, 1.54) is 16.8 Å². The van der Waals surface area contributed by atoms with E-state index in [1.54, 1.807) is 20.0 Å². The number of hydrogen-bond acceptors (Lipinski definition) is 4. The van der Waals surface area contributed by atoms with Crippen LogP contribution in [-0.4, -0.2) is 30.4 Å². The first-order valence-corrected chi connectivity index (χ1v) is 9.21. The van der Waals surface area contributed by atoms with E-state index in [4.69, 9.17) is 23.2 Å². The Kier molecular flexibility index (Phi) is 5.03. The summed E-state index contributed by atoms with van der Waals surface area (Å²) in [6.07, 6.45) is 1.08. The van der Waals surface area contributed by atoms with E-state index < -0.39 is 15.7 Å². The van der Waals surface area contributed by atoms with Crippen molar-refractivity contribution >= 4 is 38.9 Å². The molecule has 0 aliphatic heterocycles. The monoisotopic (exact) mass is 375 g/mol. The van der Waals surface area contributed by atoms with Crippen molar-refractivity contribution in [3.8, 4) is 0 Å². The first-order valence-electron chi connectivity index (χ1n) is 6.57. The molecule has 0 spiro atoms. The predicted molar refractivity (Wildman–Crippen MR) is 88.7 cm³/mol. The highest BCUT2D eigenvalue weighted by Gasteiger charge is 2.18. The van der Waals surface area contributed by atoms with E-state index in [2.05, 4.69) is 10.4 Å². The number of sulfone groups is 1. The molecule has 9 heteroatoms. The molecule has 0 unspecified atom stereocenters. The lowest BCUT2D eigenvalue weighted by atomic mass is 10.2. The molecule has 0 saturated carbocycles. The molecule has 1 N–H and O–H groups in total. The highest BCUT2D eigenvalue weighted by Crippen LogP contribution is 2.23. The van der Waals surface area contributed by atoms with Gasteiger partial charge in [-0.1, -0.05) is 29.3 Å². The molecule has 1 aromatic carbocycles. The van der Waals surface area contributed by atoms with Crippen molar-refractivity contribution in [2.75, 3.05) is 6.26 Å². The molecular weight excluding hydrogens is 361 g/mol. The Morgan fingerprint density at radius 2 is 2.00 bits per heavy atom. The molecule has 2 rings (SSSR count). The molecule has 1 amide bonds. The second-order valence-electron chi connectivity index (χ2n) is 5.09. The fourth-order valence-corrected chi connectivity index (χ4v) is 3.55. The average Bonchev–Trinajstić information content (AvgIpc) is 2.71. The molecule has 0 aliphatic carbocycles. The van der Waals surface area contributed by atoms with Gasteiger partial charge < -0.3 is 5.32 Å². The fraction of sp³-hybridized carbons (Fsp3) is 0.286. The Bertz CT molecular complexity index is 876. The minimum Gasteiger partial charge on any atom is -0.347 e. The van der Waals surface area contributed by atoms with E-state index in [0.29, 0.717) is 16.3 Å². The molecule has 0 fully saturated rings. The molecule has 2 aromatic rings. The van der Waals surface area contributed by atoms with Crippen LogP contribution in [0.25, 0.3) is 0 Å². The zero-order chi connectivity index (χ0) is 17.4. The molecule has 1 heterocycles. The maximum atomic E-state index is 12.1. The Labute approximate surface area is 144 Å². The highest BCUT2D eigenvalue weighted by molar-refractivity contribution is 7.90. The van der Waals surface area contributed by atoms with Crippen LogP contribution < -0.4 is 5.32 Å². The van der Waals surface area contributed by atoms with Gasteiger partial charge in [-0.15, -0.1) is 0 Å². The van der Waals surface area contributed by atoms with Crippen molar-refractivity contribution in [2.24, 2.45) is 7.05 Å². The van der Waals surface area contributed by atoms with Gasteiger partial charge in [0.15, 0.2) is 15.5 Å². The number of rotatable bonds is 4. The van der Waals surface area contributed by atoms with Crippen molar-refractivity contribution in [1.29, 1.82) is 0 Å². The van der Waals surface area contributed by atoms with Crippen LogP contribution in [0.3, 0.4) is 0 Å². The van der Waals surface area contributed by atoms with Gasteiger partial charge in [-0.25, -0.2) is 8.42 Å². The Morgan fingerprint density at radius 3 is 2.48 bits per heavy atom. The van der Waals surface area contributed by atoms with Crippen LogP contribution in [0.4, 0.5) is 0 Å².